The van der Waals surface area contributed by atoms with Crippen LogP contribution in [0.3, 0.4) is 0 Å². The van der Waals surface area contributed by atoms with Crippen LogP contribution in [0.5, 0.6) is 5.75 Å². The molecule has 0 radical (unpaired) electrons. The third-order valence-corrected chi connectivity index (χ3v) is 6.49. The van der Waals surface area contributed by atoms with Gasteiger partial charge in [0, 0.05) is 5.02 Å². The summed E-state index contributed by atoms with van der Waals surface area (Å²) in [5.41, 5.74) is 1.78. The van der Waals surface area contributed by atoms with Crippen LogP contribution in [0.4, 0.5) is 0 Å². The van der Waals surface area contributed by atoms with Crippen LogP contribution in [0.2, 0.25) is 5.02 Å². The topological polar surface area (TPSA) is 59.0 Å². The first-order valence-corrected chi connectivity index (χ1v) is 10.6. The smallest absolute Gasteiger partial charge is 0.254 e. The Morgan fingerprint density at radius 3 is 2.30 bits per heavy atom. The molecule has 4 aliphatic rings. The zero-order chi connectivity index (χ0) is 20.7. The molecule has 1 heterocycles. The van der Waals surface area contributed by atoms with E-state index < -0.39 is 0 Å². The third kappa shape index (κ3) is 3.43. The summed E-state index contributed by atoms with van der Waals surface area (Å²) < 4.78 is 5.84. The maximum Gasteiger partial charge on any atom is 0.254 e. The molecule has 5 nitrogen and oxygen atoms in total. The number of halogens is 1. The minimum atomic E-state index is -0.243. The van der Waals surface area contributed by atoms with Crippen molar-refractivity contribution in [2.45, 2.75) is 19.4 Å². The molecule has 30 heavy (non-hydrogen) atoms. The first-order chi connectivity index (χ1) is 14.6. The molecular weight excluding hydrogens is 400 g/mol. The minimum absolute atomic E-state index is 0.168. The highest BCUT2D eigenvalue weighted by Crippen LogP contribution is 2.49. The number of nitrogens with zero attached hydrogens (tertiary/aromatic N) is 2. The zero-order valence-corrected chi connectivity index (χ0v) is 17.0. The van der Waals surface area contributed by atoms with Crippen LogP contribution in [-0.2, 0) is 16.2 Å². The molecule has 2 amide bonds. The molecule has 1 saturated carbocycles. The Bertz CT molecular complexity index is 1010. The van der Waals surface area contributed by atoms with Gasteiger partial charge in [0.1, 0.15) is 12.4 Å². The van der Waals surface area contributed by atoms with Crippen molar-refractivity contribution in [2.75, 3.05) is 0 Å². The predicted octanol–water partition coefficient (Wildman–Crippen LogP) is 4.45. The predicted molar refractivity (Wildman–Crippen MR) is 114 cm³/mol. The molecule has 0 N–H and O–H groups in total. The van der Waals surface area contributed by atoms with Crippen LogP contribution in [0.1, 0.15) is 24.0 Å². The fourth-order valence-corrected chi connectivity index (χ4v) is 4.85. The van der Waals surface area contributed by atoms with Gasteiger partial charge in [0.15, 0.2) is 0 Å². The fourth-order valence-electron chi connectivity index (χ4n) is 4.73. The zero-order valence-electron chi connectivity index (χ0n) is 16.3. The lowest BCUT2D eigenvalue weighted by Crippen LogP contribution is -2.38. The molecule has 0 spiro atoms. The molecule has 1 saturated heterocycles. The average Bonchev–Trinajstić information content (AvgIpc) is 3.05. The lowest BCUT2D eigenvalue weighted by atomic mass is 9.63. The van der Waals surface area contributed by atoms with Crippen molar-refractivity contribution < 1.29 is 14.3 Å². The number of fused-ring (bicyclic) bond motifs is 1. The summed E-state index contributed by atoms with van der Waals surface area (Å²) >= 11 is 5.91. The van der Waals surface area contributed by atoms with Crippen LogP contribution in [-0.4, -0.2) is 23.0 Å². The number of amides is 2. The van der Waals surface area contributed by atoms with Crippen LogP contribution < -0.4 is 4.74 Å². The van der Waals surface area contributed by atoms with Gasteiger partial charge in [-0.15, -0.1) is 0 Å². The van der Waals surface area contributed by atoms with Crippen molar-refractivity contribution in [3.8, 4) is 5.75 Å². The number of hydrogen-bond acceptors (Lipinski definition) is 4. The normalized spacial score (nSPS) is 27.2. The Balaban J connectivity index is 1.28. The van der Waals surface area contributed by atoms with E-state index in [0.717, 1.165) is 29.0 Å². The van der Waals surface area contributed by atoms with Gasteiger partial charge in [0.2, 0.25) is 0 Å². The molecule has 2 fully saturated rings. The monoisotopic (exact) mass is 420 g/mol. The Morgan fingerprint density at radius 1 is 1.00 bits per heavy atom. The molecule has 4 atom stereocenters. The van der Waals surface area contributed by atoms with Crippen LogP contribution in [0.15, 0.2) is 65.8 Å². The van der Waals surface area contributed by atoms with Gasteiger partial charge in [0.25, 0.3) is 11.8 Å². The highest BCUT2D eigenvalue weighted by molar-refractivity contribution is 6.30. The first-order valence-electron chi connectivity index (χ1n) is 10.2. The van der Waals surface area contributed by atoms with Gasteiger partial charge >= 0.3 is 0 Å². The lowest BCUT2D eigenvalue weighted by Gasteiger charge is -2.37. The molecule has 0 aromatic heterocycles. The third-order valence-electron chi connectivity index (χ3n) is 6.24. The molecule has 152 valence electrons. The second-order valence-corrected chi connectivity index (χ2v) is 8.50. The van der Waals surface area contributed by atoms with E-state index in [1.807, 2.05) is 48.5 Å². The number of carbonyl (C=O) groups excluding carboxylic acids is 2. The Kier molecular flexibility index (Phi) is 4.91. The van der Waals surface area contributed by atoms with Crippen molar-refractivity contribution in [1.82, 2.24) is 5.01 Å². The molecule has 2 bridgehead atoms. The molecule has 2 aromatic carbocycles. The summed E-state index contributed by atoms with van der Waals surface area (Å²) in [6.07, 6.45) is 7.72. The van der Waals surface area contributed by atoms with Crippen molar-refractivity contribution in [3.63, 3.8) is 0 Å². The Labute approximate surface area is 180 Å². The number of carbonyl (C=O) groups is 2. The SMILES string of the molecule is O=C1[C@@H]2[C@@H](C(=O)N1/N=C\c1cccc(OCc3ccc(Cl)cc3)c1)[C@@H]1C=C[C@@H]2CC1. The minimum Gasteiger partial charge on any atom is -0.489 e. The standard InChI is InChI=1S/C24H21ClN2O3/c25-19-10-4-15(5-11-19)14-30-20-3-1-2-16(12-20)13-26-27-23(28)21-17-6-7-18(9-8-17)22(21)24(27)29/h1-7,10-13,17-18,21-22H,8-9,14H2/b26-13-/t17-,18-,21+,22+/m1/s1. The molecule has 6 rings (SSSR count). The maximum absolute atomic E-state index is 12.8. The van der Waals surface area contributed by atoms with Gasteiger partial charge in [-0.1, -0.05) is 48.0 Å². The van der Waals surface area contributed by atoms with E-state index in [0.29, 0.717) is 17.4 Å². The summed E-state index contributed by atoms with van der Waals surface area (Å²) in [7, 11) is 0. The molecule has 1 aliphatic heterocycles. The van der Waals surface area contributed by atoms with E-state index in [2.05, 4.69) is 17.3 Å². The average molecular weight is 421 g/mol. The number of imide groups is 1. The summed E-state index contributed by atoms with van der Waals surface area (Å²) in [5.74, 6) is 0.192. The Hall–Kier alpha value is -2.92. The van der Waals surface area contributed by atoms with Crippen LogP contribution >= 0.6 is 11.6 Å². The first kappa shape index (κ1) is 19.1. The van der Waals surface area contributed by atoms with Gasteiger partial charge in [-0.25, -0.2) is 0 Å². The van der Waals surface area contributed by atoms with Gasteiger partial charge in [-0.05, 0) is 60.1 Å². The van der Waals surface area contributed by atoms with Crippen molar-refractivity contribution in [1.29, 1.82) is 0 Å². The summed E-state index contributed by atoms with van der Waals surface area (Å²) in [6, 6.07) is 14.9. The van der Waals surface area contributed by atoms with Gasteiger partial charge in [-0.3, -0.25) is 9.59 Å². The van der Waals surface area contributed by atoms with Crippen molar-refractivity contribution >= 4 is 29.6 Å². The Morgan fingerprint density at radius 2 is 1.67 bits per heavy atom. The molecule has 2 aromatic rings. The van der Waals surface area contributed by atoms with E-state index in [1.165, 1.54) is 0 Å². The highest BCUT2D eigenvalue weighted by atomic mass is 35.5. The number of rotatable bonds is 5. The second kappa shape index (κ2) is 7.73. The van der Waals surface area contributed by atoms with E-state index in [9.17, 15) is 9.59 Å². The van der Waals surface area contributed by atoms with Crippen molar-refractivity contribution in [3.05, 3.63) is 76.8 Å². The summed E-state index contributed by atoms with van der Waals surface area (Å²) in [5, 5.41) is 6.02. The van der Waals surface area contributed by atoms with E-state index in [4.69, 9.17) is 16.3 Å². The van der Waals surface area contributed by atoms with Crippen molar-refractivity contribution in [2.24, 2.45) is 28.8 Å². The molecule has 6 heteroatoms. The van der Waals surface area contributed by atoms with Gasteiger partial charge in [0.05, 0.1) is 18.1 Å². The molecule has 0 unspecified atom stereocenters. The fraction of sp³-hybridized carbons (Fsp3) is 0.292. The largest absolute Gasteiger partial charge is 0.489 e. The second-order valence-electron chi connectivity index (χ2n) is 8.06. The number of benzene rings is 2. The summed E-state index contributed by atoms with van der Waals surface area (Å²) in [4.78, 5) is 25.7. The van der Waals surface area contributed by atoms with Crippen LogP contribution in [0.25, 0.3) is 0 Å². The van der Waals surface area contributed by atoms with E-state index >= 15 is 0 Å². The number of allylic oxidation sites excluding steroid dienone is 2. The highest BCUT2D eigenvalue weighted by Gasteiger charge is 2.56. The molecular formula is C24H21ClN2O3. The van der Waals surface area contributed by atoms with Crippen LogP contribution in [0, 0.1) is 23.7 Å². The van der Waals surface area contributed by atoms with E-state index in [-0.39, 0.29) is 35.5 Å². The van der Waals surface area contributed by atoms with Gasteiger partial charge in [-0.2, -0.15) is 10.1 Å². The quantitative estimate of drug-likeness (QED) is 0.408. The lowest BCUT2D eigenvalue weighted by molar-refractivity contribution is -0.140. The summed E-state index contributed by atoms with van der Waals surface area (Å²) in [6.45, 7) is 0.417. The maximum atomic E-state index is 12.8. The number of hydrazone groups is 1. The molecule has 3 aliphatic carbocycles. The number of ether oxygens (including phenoxy) is 1. The number of hydrogen-bond donors (Lipinski definition) is 0. The van der Waals surface area contributed by atoms with E-state index in [1.54, 1.807) is 6.21 Å². The van der Waals surface area contributed by atoms with Gasteiger partial charge < -0.3 is 4.74 Å².